The fraction of sp³-hybridized carbons (Fsp3) is 0.125. The molecule has 1 amide bonds. The first-order valence-corrected chi connectivity index (χ1v) is 6.72. The lowest BCUT2D eigenvalue weighted by Gasteiger charge is -2.11. The van der Waals surface area contributed by atoms with E-state index in [-0.39, 0.29) is 18.3 Å². The number of nitrogens with one attached hydrogen (secondary N) is 1. The molecule has 0 bridgehead atoms. The van der Waals surface area contributed by atoms with Crippen molar-refractivity contribution < 1.29 is 14.3 Å². The van der Waals surface area contributed by atoms with Gasteiger partial charge in [-0.15, -0.1) is 0 Å². The average molecular weight is 304 g/mol. The van der Waals surface area contributed by atoms with Crippen LogP contribution in [-0.4, -0.2) is 25.3 Å². The van der Waals surface area contributed by atoms with Crippen molar-refractivity contribution in [2.24, 2.45) is 0 Å². The second-order valence-corrected chi connectivity index (χ2v) is 4.73. The van der Waals surface area contributed by atoms with Gasteiger partial charge in [-0.25, -0.2) is 0 Å². The van der Waals surface area contributed by atoms with Gasteiger partial charge in [0.05, 0.1) is 5.56 Å². The number of hydrogen-bond donors (Lipinski definition) is 1. The van der Waals surface area contributed by atoms with Crippen LogP contribution in [0.5, 0.6) is 5.75 Å². The molecule has 0 spiro atoms. The van der Waals surface area contributed by atoms with Gasteiger partial charge in [-0.1, -0.05) is 41.9 Å². The van der Waals surface area contributed by atoms with Gasteiger partial charge < -0.3 is 10.1 Å². The van der Waals surface area contributed by atoms with E-state index in [0.717, 1.165) is 0 Å². The van der Waals surface area contributed by atoms with Gasteiger partial charge >= 0.3 is 0 Å². The fourth-order valence-corrected chi connectivity index (χ4v) is 1.94. The molecular formula is C16H14ClNO3. The summed E-state index contributed by atoms with van der Waals surface area (Å²) in [4.78, 5) is 23.8. The van der Waals surface area contributed by atoms with Crippen LogP contribution in [0.2, 0.25) is 5.02 Å². The van der Waals surface area contributed by atoms with Crippen LogP contribution in [0.1, 0.15) is 15.9 Å². The van der Waals surface area contributed by atoms with Crippen molar-refractivity contribution in [1.82, 2.24) is 5.32 Å². The van der Waals surface area contributed by atoms with Crippen molar-refractivity contribution in [3.63, 3.8) is 0 Å². The Hall–Kier alpha value is -2.33. The summed E-state index contributed by atoms with van der Waals surface area (Å²) < 4.78 is 5.40. The molecule has 0 saturated heterocycles. The minimum Gasteiger partial charge on any atom is -0.483 e. The first-order chi connectivity index (χ1) is 10.1. The maximum absolute atomic E-state index is 12.5. The van der Waals surface area contributed by atoms with Crippen LogP contribution in [0.3, 0.4) is 0 Å². The zero-order valence-corrected chi connectivity index (χ0v) is 12.2. The number of ether oxygens (including phenoxy) is 1. The highest BCUT2D eigenvalue weighted by Gasteiger charge is 2.16. The Kier molecular flexibility index (Phi) is 4.95. The summed E-state index contributed by atoms with van der Waals surface area (Å²) in [5.41, 5.74) is 0.863. The molecule has 0 aromatic heterocycles. The Morgan fingerprint density at radius 3 is 2.52 bits per heavy atom. The van der Waals surface area contributed by atoms with Crippen LogP contribution in [-0.2, 0) is 4.79 Å². The highest BCUT2D eigenvalue weighted by atomic mass is 35.5. The van der Waals surface area contributed by atoms with E-state index < -0.39 is 0 Å². The third-order valence-corrected chi connectivity index (χ3v) is 3.09. The van der Waals surface area contributed by atoms with E-state index in [9.17, 15) is 9.59 Å². The quantitative estimate of drug-likeness (QED) is 0.864. The summed E-state index contributed by atoms with van der Waals surface area (Å²) in [6.45, 7) is -0.160. The number of likely N-dealkylation sites (N-methyl/N-ethyl adjacent to an activating group) is 1. The fourth-order valence-electron chi connectivity index (χ4n) is 1.77. The molecule has 0 atom stereocenters. The molecule has 0 unspecified atom stereocenters. The predicted molar refractivity (Wildman–Crippen MR) is 80.9 cm³/mol. The molecule has 0 radical (unpaired) electrons. The maximum Gasteiger partial charge on any atom is 0.257 e. The average Bonchev–Trinajstić information content (AvgIpc) is 2.53. The van der Waals surface area contributed by atoms with Crippen molar-refractivity contribution in [2.75, 3.05) is 13.7 Å². The molecule has 4 nitrogen and oxygen atoms in total. The van der Waals surface area contributed by atoms with Crippen LogP contribution >= 0.6 is 11.6 Å². The lowest BCUT2D eigenvalue weighted by atomic mass is 10.0. The molecule has 5 heteroatoms. The summed E-state index contributed by atoms with van der Waals surface area (Å²) in [6.07, 6.45) is 0. The van der Waals surface area contributed by atoms with Crippen LogP contribution < -0.4 is 10.1 Å². The molecule has 2 aromatic rings. The molecule has 1 N–H and O–H groups in total. The summed E-state index contributed by atoms with van der Waals surface area (Å²) >= 11 is 5.95. The Morgan fingerprint density at radius 1 is 1.14 bits per heavy atom. The number of rotatable bonds is 5. The molecule has 0 aliphatic rings. The van der Waals surface area contributed by atoms with E-state index in [0.29, 0.717) is 21.9 Å². The van der Waals surface area contributed by atoms with E-state index >= 15 is 0 Å². The largest absolute Gasteiger partial charge is 0.483 e. The third-order valence-electron chi connectivity index (χ3n) is 2.86. The summed E-state index contributed by atoms with van der Waals surface area (Å²) in [5.74, 6) is -0.148. The van der Waals surface area contributed by atoms with Crippen molar-refractivity contribution in [3.05, 3.63) is 64.7 Å². The first-order valence-electron chi connectivity index (χ1n) is 6.34. The molecule has 0 saturated carbocycles. The van der Waals surface area contributed by atoms with Crippen LogP contribution in [0.4, 0.5) is 0 Å². The van der Waals surface area contributed by atoms with E-state index in [1.54, 1.807) is 36.4 Å². The maximum atomic E-state index is 12.5. The highest BCUT2D eigenvalue weighted by Crippen LogP contribution is 2.25. The zero-order chi connectivity index (χ0) is 15.2. The SMILES string of the molecule is CNC(=O)COc1ccc(Cl)cc1C(=O)c1ccccc1. The van der Waals surface area contributed by atoms with Crippen LogP contribution in [0.25, 0.3) is 0 Å². The molecule has 21 heavy (non-hydrogen) atoms. The normalized spacial score (nSPS) is 10.0. The number of ketones is 1. The molecule has 108 valence electrons. The molecule has 2 aromatic carbocycles. The Bertz CT molecular complexity index is 656. The zero-order valence-electron chi connectivity index (χ0n) is 11.4. The third kappa shape index (κ3) is 3.83. The van der Waals surface area contributed by atoms with Gasteiger partial charge in [0.15, 0.2) is 12.4 Å². The monoisotopic (exact) mass is 303 g/mol. The highest BCUT2D eigenvalue weighted by molar-refractivity contribution is 6.31. The summed E-state index contributed by atoms with van der Waals surface area (Å²) in [7, 11) is 1.52. The van der Waals surface area contributed by atoms with Crippen molar-refractivity contribution in [3.8, 4) is 5.75 Å². The molecule has 0 heterocycles. The van der Waals surface area contributed by atoms with E-state index in [1.165, 1.54) is 13.1 Å². The van der Waals surface area contributed by atoms with Crippen molar-refractivity contribution >= 4 is 23.3 Å². The Balaban J connectivity index is 2.31. The number of amides is 1. The van der Waals surface area contributed by atoms with Gasteiger partial charge in [0.2, 0.25) is 0 Å². The van der Waals surface area contributed by atoms with Gasteiger partial charge in [0, 0.05) is 17.6 Å². The minimum absolute atomic E-state index is 0.160. The molecule has 0 aliphatic heterocycles. The molecule has 0 fully saturated rings. The Morgan fingerprint density at radius 2 is 1.86 bits per heavy atom. The van der Waals surface area contributed by atoms with Crippen molar-refractivity contribution in [2.45, 2.75) is 0 Å². The smallest absolute Gasteiger partial charge is 0.257 e. The lowest BCUT2D eigenvalue weighted by Crippen LogP contribution is -2.25. The molecule has 0 aliphatic carbocycles. The predicted octanol–water partition coefficient (Wildman–Crippen LogP) is 2.70. The second kappa shape index (κ2) is 6.90. The Labute approximate surface area is 127 Å². The van der Waals surface area contributed by atoms with Crippen molar-refractivity contribution in [1.29, 1.82) is 0 Å². The van der Waals surface area contributed by atoms with Gasteiger partial charge in [0.1, 0.15) is 5.75 Å². The number of carbonyl (C=O) groups is 2. The van der Waals surface area contributed by atoms with Gasteiger partial charge in [0.25, 0.3) is 5.91 Å². The first kappa shape index (κ1) is 15.1. The van der Waals surface area contributed by atoms with Gasteiger partial charge in [-0.3, -0.25) is 9.59 Å². The number of halogens is 1. The van der Waals surface area contributed by atoms with Crippen LogP contribution in [0.15, 0.2) is 48.5 Å². The minimum atomic E-state index is -0.275. The number of benzene rings is 2. The van der Waals surface area contributed by atoms with Gasteiger partial charge in [-0.05, 0) is 18.2 Å². The van der Waals surface area contributed by atoms with Crippen LogP contribution in [0, 0.1) is 0 Å². The van der Waals surface area contributed by atoms with E-state index in [1.807, 2.05) is 6.07 Å². The summed E-state index contributed by atoms with van der Waals surface area (Å²) in [5, 5.41) is 2.88. The number of carbonyl (C=O) groups excluding carboxylic acids is 2. The van der Waals surface area contributed by atoms with Gasteiger partial charge in [-0.2, -0.15) is 0 Å². The lowest BCUT2D eigenvalue weighted by molar-refractivity contribution is -0.122. The number of hydrogen-bond acceptors (Lipinski definition) is 3. The van der Waals surface area contributed by atoms with E-state index in [2.05, 4.69) is 5.32 Å². The molecular weight excluding hydrogens is 290 g/mol. The van der Waals surface area contributed by atoms with E-state index in [4.69, 9.17) is 16.3 Å². The summed E-state index contributed by atoms with van der Waals surface area (Å²) in [6, 6.07) is 13.6. The second-order valence-electron chi connectivity index (χ2n) is 4.30. The standard InChI is InChI=1S/C16H14ClNO3/c1-18-15(19)10-21-14-8-7-12(17)9-13(14)16(20)11-5-3-2-4-6-11/h2-9H,10H2,1H3,(H,18,19). The molecule has 2 rings (SSSR count). The topological polar surface area (TPSA) is 55.4 Å².